The van der Waals surface area contributed by atoms with Crippen LogP contribution >= 0.6 is 0 Å². The molecule has 11 nitrogen and oxygen atoms in total. The molecule has 3 rings (SSSR count). The van der Waals surface area contributed by atoms with Gasteiger partial charge >= 0.3 is 0 Å². The topological polar surface area (TPSA) is 168 Å². The van der Waals surface area contributed by atoms with Crippen molar-refractivity contribution in [1.82, 2.24) is 21.3 Å². The lowest BCUT2D eigenvalue weighted by Gasteiger charge is -2.24. The van der Waals surface area contributed by atoms with E-state index in [1.54, 1.807) is 24.3 Å². The molecule has 1 aliphatic rings. The molecule has 0 saturated heterocycles. The zero-order chi connectivity index (χ0) is 33.1. The Kier molecular flexibility index (Phi) is 12.6. The Labute approximate surface area is 264 Å². The minimum atomic E-state index is -3.52. The summed E-state index contributed by atoms with van der Waals surface area (Å²) in [6.07, 6.45) is 2.56. The lowest BCUT2D eigenvalue weighted by Crippen LogP contribution is -2.56. The van der Waals surface area contributed by atoms with E-state index in [2.05, 4.69) is 21.3 Å². The summed E-state index contributed by atoms with van der Waals surface area (Å²) in [5, 5.41) is 10.3. The Morgan fingerprint density at radius 1 is 0.844 bits per heavy atom. The first kappa shape index (κ1) is 35.2. The number of carbonyl (C=O) groups is 5. The molecule has 0 spiro atoms. The number of fused-ring (bicyclic) bond motifs is 1. The van der Waals surface area contributed by atoms with Crippen LogP contribution in [-0.4, -0.2) is 68.0 Å². The van der Waals surface area contributed by atoms with Gasteiger partial charge in [-0.1, -0.05) is 74.4 Å². The first-order valence-corrected chi connectivity index (χ1v) is 17.1. The molecule has 1 aliphatic carbocycles. The van der Waals surface area contributed by atoms with Crippen LogP contribution in [0.4, 0.5) is 0 Å². The van der Waals surface area contributed by atoms with Gasteiger partial charge in [-0.15, -0.1) is 0 Å². The fourth-order valence-electron chi connectivity index (χ4n) is 5.00. The molecule has 0 saturated carbocycles. The highest BCUT2D eigenvalue weighted by atomic mass is 32.2. The van der Waals surface area contributed by atoms with Gasteiger partial charge in [-0.3, -0.25) is 24.0 Å². The van der Waals surface area contributed by atoms with Crippen molar-refractivity contribution in [2.45, 2.75) is 77.5 Å². The smallest absolute Gasteiger partial charge is 0.289 e. The number of carbonyl (C=O) groups excluding carboxylic acids is 5. The SMILES string of the molecule is CCCCC(NC(=O)C(CCS(C)(=O)=O)NC(=O)C(C)NC(=O)C1=C(C)c2ccccc2C1)C(=O)C(=O)NCc1ccccc1. The van der Waals surface area contributed by atoms with E-state index in [9.17, 15) is 32.4 Å². The van der Waals surface area contributed by atoms with Gasteiger partial charge in [0.05, 0.1) is 11.8 Å². The minimum Gasteiger partial charge on any atom is -0.345 e. The molecule has 0 heterocycles. The second-order valence-corrected chi connectivity index (χ2v) is 13.6. The van der Waals surface area contributed by atoms with Gasteiger partial charge in [-0.2, -0.15) is 0 Å². The summed E-state index contributed by atoms with van der Waals surface area (Å²) in [6.45, 7) is 5.32. The van der Waals surface area contributed by atoms with Crippen LogP contribution < -0.4 is 21.3 Å². The van der Waals surface area contributed by atoms with Gasteiger partial charge in [0.25, 0.3) is 5.91 Å². The first-order valence-electron chi connectivity index (χ1n) is 15.0. The van der Waals surface area contributed by atoms with Gasteiger partial charge in [0.2, 0.25) is 23.5 Å². The predicted octanol–water partition coefficient (Wildman–Crippen LogP) is 2.00. The monoisotopic (exact) mass is 638 g/mol. The van der Waals surface area contributed by atoms with E-state index >= 15 is 0 Å². The number of hydrogen-bond acceptors (Lipinski definition) is 7. The Hall–Kier alpha value is -4.32. The van der Waals surface area contributed by atoms with Gasteiger partial charge in [-0.05, 0) is 49.0 Å². The molecule has 0 aliphatic heterocycles. The van der Waals surface area contributed by atoms with E-state index in [1.165, 1.54) is 6.92 Å². The summed E-state index contributed by atoms with van der Waals surface area (Å²) in [6, 6.07) is 13.1. The van der Waals surface area contributed by atoms with Crippen molar-refractivity contribution in [2.24, 2.45) is 0 Å². The molecular weight excluding hydrogens is 596 g/mol. The van der Waals surface area contributed by atoms with Crippen LogP contribution in [0.25, 0.3) is 5.57 Å². The molecule has 3 atom stereocenters. The van der Waals surface area contributed by atoms with Crippen LogP contribution in [0.1, 0.15) is 63.1 Å². The number of rotatable bonds is 16. The van der Waals surface area contributed by atoms with Crippen LogP contribution in [-0.2, 0) is 46.8 Å². The van der Waals surface area contributed by atoms with E-state index in [-0.39, 0.29) is 19.4 Å². The second kappa shape index (κ2) is 16.1. The molecule has 0 radical (unpaired) electrons. The van der Waals surface area contributed by atoms with Gasteiger partial charge < -0.3 is 21.3 Å². The number of hydrogen-bond donors (Lipinski definition) is 4. The van der Waals surface area contributed by atoms with Crippen LogP contribution in [0.2, 0.25) is 0 Å². The minimum absolute atomic E-state index is 0.124. The zero-order valence-corrected chi connectivity index (χ0v) is 27.0. The van der Waals surface area contributed by atoms with Crippen molar-refractivity contribution in [2.75, 3.05) is 12.0 Å². The molecule has 3 unspecified atom stereocenters. The number of ketones is 1. The third-order valence-electron chi connectivity index (χ3n) is 7.67. The molecule has 242 valence electrons. The molecular formula is C33H42N4O7S. The van der Waals surface area contributed by atoms with E-state index < -0.39 is 63.1 Å². The van der Waals surface area contributed by atoms with Crippen LogP contribution in [0.15, 0.2) is 60.2 Å². The van der Waals surface area contributed by atoms with Gasteiger partial charge in [0, 0.05) is 24.8 Å². The molecule has 2 aromatic carbocycles. The number of allylic oxidation sites excluding steroid dienone is 1. The van der Waals surface area contributed by atoms with E-state index in [0.29, 0.717) is 24.8 Å². The average molecular weight is 639 g/mol. The van der Waals surface area contributed by atoms with Crippen molar-refractivity contribution in [3.63, 3.8) is 0 Å². The highest BCUT2D eigenvalue weighted by Gasteiger charge is 2.32. The van der Waals surface area contributed by atoms with Crippen LogP contribution in [0.3, 0.4) is 0 Å². The van der Waals surface area contributed by atoms with Crippen molar-refractivity contribution in [3.8, 4) is 0 Å². The number of sulfone groups is 1. The molecule has 4 N–H and O–H groups in total. The highest BCUT2D eigenvalue weighted by molar-refractivity contribution is 7.90. The number of amides is 4. The lowest BCUT2D eigenvalue weighted by molar-refractivity contribution is -0.140. The summed E-state index contributed by atoms with van der Waals surface area (Å²) in [5.41, 5.74) is 4.12. The average Bonchev–Trinajstić information content (AvgIpc) is 3.35. The molecule has 0 bridgehead atoms. The van der Waals surface area contributed by atoms with Crippen LogP contribution in [0.5, 0.6) is 0 Å². The summed E-state index contributed by atoms with van der Waals surface area (Å²) < 4.78 is 23.9. The fourth-order valence-corrected chi connectivity index (χ4v) is 5.66. The van der Waals surface area contributed by atoms with Crippen molar-refractivity contribution in [1.29, 1.82) is 0 Å². The molecule has 0 aromatic heterocycles. The second-order valence-electron chi connectivity index (χ2n) is 11.3. The third kappa shape index (κ3) is 10.4. The van der Waals surface area contributed by atoms with Crippen molar-refractivity contribution >= 4 is 44.8 Å². The largest absolute Gasteiger partial charge is 0.345 e. The fraction of sp³-hybridized carbons (Fsp3) is 0.424. The Morgan fingerprint density at radius 3 is 2.13 bits per heavy atom. The number of Topliss-reactive ketones (excluding diaryl/α,β-unsaturated/α-hetero) is 1. The van der Waals surface area contributed by atoms with Gasteiger partial charge in [-0.25, -0.2) is 8.42 Å². The quantitative estimate of drug-likeness (QED) is 0.204. The molecule has 12 heteroatoms. The lowest BCUT2D eigenvalue weighted by atomic mass is 10.0. The normalized spacial score (nSPS) is 14.5. The van der Waals surface area contributed by atoms with Gasteiger partial charge in [0.15, 0.2) is 0 Å². The van der Waals surface area contributed by atoms with E-state index in [4.69, 9.17) is 0 Å². The summed E-state index contributed by atoms with van der Waals surface area (Å²) in [4.78, 5) is 65.4. The van der Waals surface area contributed by atoms with Crippen molar-refractivity contribution in [3.05, 3.63) is 76.9 Å². The number of benzene rings is 2. The number of nitrogens with one attached hydrogen (secondary N) is 4. The molecule has 2 aromatic rings. The third-order valence-corrected chi connectivity index (χ3v) is 8.64. The summed E-state index contributed by atoms with van der Waals surface area (Å²) >= 11 is 0. The summed E-state index contributed by atoms with van der Waals surface area (Å²) in [7, 11) is -3.52. The Bertz CT molecular complexity index is 1550. The highest BCUT2D eigenvalue weighted by Crippen LogP contribution is 2.32. The maximum absolute atomic E-state index is 13.4. The van der Waals surface area contributed by atoms with Crippen LogP contribution in [0, 0.1) is 0 Å². The van der Waals surface area contributed by atoms with E-state index in [0.717, 1.165) is 28.5 Å². The standard InChI is InChI=1S/C33H42N4O7S/c1-5-6-16-27(29(38)33(42)34-20-23-12-8-7-9-13-23)36-32(41)28(17-18-45(4,43)44)37-30(39)22(3)35-31(40)26-19-24-14-10-11-15-25(24)21(26)2/h7-15,22,27-28H,5-6,16-20H2,1-4H3,(H,34,42)(H,35,40)(H,36,41)(H,37,39). The summed E-state index contributed by atoms with van der Waals surface area (Å²) in [5.74, 6) is -4.06. The van der Waals surface area contributed by atoms with E-state index in [1.807, 2.05) is 44.2 Å². The van der Waals surface area contributed by atoms with Gasteiger partial charge in [0.1, 0.15) is 21.9 Å². The predicted molar refractivity (Wildman–Crippen MR) is 171 cm³/mol. The Balaban J connectivity index is 1.68. The molecule has 45 heavy (non-hydrogen) atoms. The zero-order valence-electron chi connectivity index (χ0n) is 26.1. The maximum Gasteiger partial charge on any atom is 0.289 e. The van der Waals surface area contributed by atoms with Crippen molar-refractivity contribution < 1.29 is 32.4 Å². The number of unbranched alkanes of at least 4 members (excludes halogenated alkanes) is 1. The first-order chi connectivity index (χ1) is 21.3. The Morgan fingerprint density at radius 2 is 1.49 bits per heavy atom. The molecule has 4 amide bonds. The molecule has 0 fully saturated rings. The maximum atomic E-state index is 13.4.